The smallest absolute Gasteiger partial charge is 0.263 e. The molecule has 2 rings (SSSR count). The molecule has 0 saturated carbocycles. The zero-order chi connectivity index (χ0) is 14.5. The van der Waals surface area contributed by atoms with Gasteiger partial charge in [0.15, 0.2) is 0 Å². The zero-order valence-electron chi connectivity index (χ0n) is 11.0. The van der Waals surface area contributed by atoms with Gasteiger partial charge in [-0.2, -0.15) is 0 Å². The number of carbonyl (C=O) groups excluding carboxylic acids is 1. The monoisotopic (exact) mass is 310 g/mol. The van der Waals surface area contributed by atoms with E-state index in [9.17, 15) is 9.90 Å². The first-order valence-electron chi connectivity index (χ1n) is 6.26. The summed E-state index contributed by atoms with van der Waals surface area (Å²) in [6.07, 6.45) is 1.62. The van der Waals surface area contributed by atoms with E-state index >= 15 is 0 Å². The number of rotatable bonds is 5. The number of aliphatic hydroxyl groups excluding tert-OH is 1. The fraction of sp³-hybridized carbons (Fsp3) is 0.286. The number of carbonyl (C=O) groups is 1. The number of aliphatic hydroxyl groups is 1. The van der Waals surface area contributed by atoms with Gasteiger partial charge in [0.2, 0.25) is 0 Å². The van der Waals surface area contributed by atoms with Crippen LogP contribution in [0.15, 0.2) is 30.5 Å². The average Bonchev–Trinajstić information content (AvgIpc) is 2.94. The molecule has 2 aromatic rings. The van der Waals surface area contributed by atoms with Gasteiger partial charge in [0.05, 0.1) is 17.3 Å². The highest BCUT2D eigenvalue weighted by Gasteiger charge is 2.13. The number of halogens is 1. The van der Waals surface area contributed by atoms with Gasteiger partial charge in [-0.25, -0.2) is 4.98 Å². The van der Waals surface area contributed by atoms with Crippen molar-refractivity contribution in [3.8, 4) is 0 Å². The van der Waals surface area contributed by atoms with E-state index in [1.54, 1.807) is 30.5 Å². The summed E-state index contributed by atoms with van der Waals surface area (Å²) in [5.74, 6) is -0.213. The maximum Gasteiger partial charge on any atom is 0.263 e. The number of hydrogen-bond acceptors (Lipinski definition) is 4. The highest BCUT2D eigenvalue weighted by Crippen LogP contribution is 2.17. The summed E-state index contributed by atoms with van der Waals surface area (Å²) in [4.78, 5) is 16.6. The Labute approximate surface area is 126 Å². The van der Waals surface area contributed by atoms with Gasteiger partial charge in [0.1, 0.15) is 4.88 Å². The molecule has 2 N–H and O–H groups in total. The lowest BCUT2D eigenvalue weighted by Crippen LogP contribution is -2.27. The Balaban J connectivity index is 1.91. The van der Waals surface area contributed by atoms with E-state index in [0.29, 0.717) is 15.5 Å². The number of nitrogens with one attached hydrogen (secondary N) is 1. The van der Waals surface area contributed by atoms with Gasteiger partial charge in [-0.1, -0.05) is 30.7 Å². The predicted octanol–water partition coefficient (Wildman–Crippen LogP) is 2.82. The first-order chi connectivity index (χ1) is 9.60. The van der Waals surface area contributed by atoms with Crippen LogP contribution in [0.25, 0.3) is 0 Å². The summed E-state index contributed by atoms with van der Waals surface area (Å²) in [6, 6.07) is 6.89. The van der Waals surface area contributed by atoms with Crippen molar-refractivity contribution < 1.29 is 9.90 Å². The lowest BCUT2D eigenvalue weighted by Gasteiger charge is -2.11. The second kappa shape index (κ2) is 6.83. The van der Waals surface area contributed by atoms with E-state index in [4.69, 9.17) is 11.6 Å². The maximum absolute atomic E-state index is 11.9. The third-order valence-electron chi connectivity index (χ3n) is 2.79. The van der Waals surface area contributed by atoms with Gasteiger partial charge in [0.25, 0.3) is 5.91 Å². The molecule has 106 valence electrons. The van der Waals surface area contributed by atoms with Crippen molar-refractivity contribution in [1.29, 1.82) is 0 Å². The van der Waals surface area contributed by atoms with Gasteiger partial charge < -0.3 is 10.4 Å². The normalized spacial score (nSPS) is 12.2. The van der Waals surface area contributed by atoms with E-state index in [2.05, 4.69) is 10.3 Å². The Morgan fingerprint density at radius 3 is 2.75 bits per heavy atom. The Morgan fingerprint density at radius 2 is 2.15 bits per heavy atom. The molecule has 0 radical (unpaired) electrons. The summed E-state index contributed by atoms with van der Waals surface area (Å²) in [5.41, 5.74) is 0.716. The molecule has 0 spiro atoms. The molecule has 1 amide bonds. The highest BCUT2D eigenvalue weighted by molar-refractivity contribution is 7.13. The lowest BCUT2D eigenvalue weighted by molar-refractivity contribution is 0.0920. The molecule has 1 aromatic heterocycles. The van der Waals surface area contributed by atoms with E-state index in [1.807, 2.05) is 6.92 Å². The molecule has 0 aliphatic heterocycles. The molecule has 4 nitrogen and oxygen atoms in total. The second-order valence-corrected chi connectivity index (χ2v) is 5.80. The van der Waals surface area contributed by atoms with Gasteiger partial charge in [-0.15, -0.1) is 11.3 Å². The first-order valence-corrected chi connectivity index (χ1v) is 7.46. The van der Waals surface area contributed by atoms with Gasteiger partial charge >= 0.3 is 0 Å². The van der Waals surface area contributed by atoms with Crippen molar-refractivity contribution in [2.75, 3.05) is 6.54 Å². The van der Waals surface area contributed by atoms with Gasteiger partial charge in [0, 0.05) is 11.6 Å². The van der Waals surface area contributed by atoms with Crippen LogP contribution in [0.1, 0.15) is 33.3 Å². The molecule has 1 aromatic carbocycles. The summed E-state index contributed by atoms with van der Waals surface area (Å²) < 4.78 is 0. The minimum absolute atomic E-state index is 0.153. The van der Waals surface area contributed by atoms with Crippen molar-refractivity contribution in [1.82, 2.24) is 10.3 Å². The quantitative estimate of drug-likeness (QED) is 0.892. The van der Waals surface area contributed by atoms with Crippen LogP contribution in [0.4, 0.5) is 0 Å². The van der Waals surface area contributed by atoms with Crippen LogP contribution in [0.3, 0.4) is 0 Å². The van der Waals surface area contributed by atoms with Crippen LogP contribution in [-0.4, -0.2) is 22.5 Å². The number of hydrogen-bond donors (Lipinski definition) is 2. The summed E-state index contributed by atoms with van der Waals surface area (Å²) in [5, 5.41) is 14.2. The first kappa shape index (κ1) is 15.0. The molecule has 0 fully saturated rings. The molecule has 0 bridgehead atoms. The summed E-state index contributed by atoms with van der Waals surface area (Å²) in [7, 11) is 0. The molecular formula is C14H15ClN2O2S. The Kier molecular flexibility index (Phi) is 5.11. The van der Waals surface area contributed by atoms with Crippen molar-refractivity contribution in [2.24, 2.45) is 0 Å². The number of aromatic nitrogens is 1. The second-order valence-electron chi connectivity index (χ2n) is 4.25. The zero-order valence-corrected chi connectivity index (χ0v) is 12.5. The van der Waals surface area contributed by atoms with Crippen LogP contribution >= 0.6 is 22.9 Å². The standard InChI is InChI=1S/C14H15ClN2O2S/c1-2-13-16-8-12(20-13)14(19)17-7-11(18)9-3-5-10(15)6-4-9/h3-6,8,11,18H,2,7H2,1H3,(H,17,19)/t11-/m0/s1. The molecule has 0 aliphatic carbocycles. The van der Waals surface area contributed by atoms with Crippen LogP contribution in [-0.2, 0) is 6.42 Å². The molecule has 0 aliphatic rings. The molecule has 0 saturated heterocycles. The van der Waals surface area contributed by atoms with Crippen molar-refractivity contribution in [2.45, 2.75) is 19.4 Å². The molecule has 6 heteroatoms. The number of nitrogens with zero attached hydrogens (tertiary/aromatic N) is 1. The molecular weight excluding hydrogens is 296 g/mol. The van der Waals surface area contributed by atoms with Crippen molar-refractivity contribution >= 4 is 28.8 Å². The molecule has 0 unspecified atom stereocenters. The number of aryl methyl sites for hydroxylation is 1. The number of thiazole rings is 1. The van der Waals surface area contributed by atoms with Crippen LogP contribution in [0, 0.1) is 0 Å². The molecule has 1 heterocycles. The van der Waals surface area contributed by atoms with E-state index in [-0.39, 0.29) is 12.5 Å². The molecule has 20 heavy (non-hydrogen) atoms. The average molecular weight is 311 g/mol. The number of amides is 1. The topological polar surface area (TPSA) is 62.2 Å². The SMILES string of the molecule is CCc1ncc(C(=O)NC[C@H](O)c2ccc(Cl)cc2)s1. The predicted molar refractivity (Wildman–Crippen MR) is 80.2 cm³/mol. The molecule has 1 atom stereocenters. The van der Waals surface area contributed by atoms with Crippen LogP contribution in [0.5, 0.6) is 0 Å². The Hall–Kier alpha value is -1.43. The third kappa shape index (κ3) is 3.79. The van der Waals surface area contributed by atoms with E-state index in [1.165, 1.54) is 11.3 Å². The van der Waals surface area contributed by atoms with E-state index in [0.717, 1.165) is 11.4 Å². The Morgan fingerprint density at radius 1 is 1.45 bits per heavy atom. The fourth-order valence-corrected chi connectivity index (χ4v) is 2.56. The minimum atomic E-state index is -0.755. The number of benzene rings is 1. The largest absolute Gasteiger partial charge is 0.387 e. The van der Waals surface area contributed by atoms with Crippen LogP contribution in [0.2, 0.25) is 5.02 Å². The van der Waals surface area contributed by atoms with Crippen molar-refractivity contribution in [3.63, 3.8) is 0 Å². The fourth-order valence-electron chi connectivity index (χ4n) is 1.66. The van der Waals surface area contributed by atoms with Gasteiger partial charge in [-0.05, 0) is 24.1 Å². The summed E-state index contributed by atoms with van der Waals surface area (Å²) >= 11 is 7.15. The highest BCUT2D eigenvalue weighted by atomic mass is 35.5. The third-order valence-corrected chi connectivity index (χ3v) is 4.18. The summed E-state index contributed by atoms with van der Waals surface area (Å²) in [6.45, 7) is 2.14. The Bertz CT molecular complexity index is 583. The van der Waals surface area contributed by atoms with Crippen molar-refractivity contribution in [3.05, 3.63) is 50.9 Å². The van der Waals surface area contributed by atoms with E-state index < -0.39 is 6.10 Å². The minimum Gasteiger partial charge on any atom is -0.387 e. The lowest BCUT2D eigenvalue weighted by atomic mass is 10.1. The maximum atomic E-state index is 11.9. The van der Waals surface area contributed by atoms with Crippen LogP contribution < -0.4 is 5.32 Å². The van der Waals surface area contributed by atoms with Gasteiger partial charge in [-0.3, -0.25) is 4.79 Å².